The van der Waals surface area contributed by atoms with Gasteiger partial charge in [-0.25, -0.2) is 0 Å². The molecule has 2 aromatic carbocycles. The van der Waals surface area contributed by atoms with Gasteiger partial charge < -0.3 is 20.7 Å². The molecule has 0 aliphatic carbocycles. The molecule has 1 fully saturated rings. The number of likely N-dealkylation sites (tertiary alicyclic amines) is 1. The van der Waals surface area contributed by atoms with Crippen LogP contribution in [0.25, 0.3) is 0 Å². The van der Waals surface area contributed by atoms with Gasteiger partial charge in [0.15, 0.2) is 5.96 Å². The molecule has 0 radical (unpaired) electrons. The molecule has 0 aromatic heterocycles. The molecule has 0 bridgehead atoms. The Hall–Kier alpha value is -2.33. The summed E-state index contributed by atoms with van der Waals surface area (Å²) in [6.45, 7) is 5.02. The number of anilines is 1. The minimum Gasteiger partial charge on any atom is -0.496 e. The number of para-hydroxylation sites is 1. The van der Waals surface area contributed by atoms with Crippen LogP contribution in [0.2, 0.25) is 0 Å². The quantitative estimate of drug-likeness (QED) is 0.265. The summed E-state index contributed by atoms with van der Waals surface area (Å²) in [7, 11) is 3.50. The lowest BCUT2D eigenvalue weighted by Gasteiger charge is -2.30. The van der Waals surface area contributed by atoms with E-state index in [4.69, 9.17) is 4.74 Å². The number of carbonyl (C=O) groups excluding carboxylic acids is 1. The summed E-state index contributed by atoms with van der Waals surface area (Å²) in [5, 5.41) is 9.67. The topological polar surface area (TPSA) is 78.0 Å². The zero-order chi connectivity index (χ0) is 22.1. The van der Waals surface area contributed by atoms with Gasteiger partial charge in [0, 0.05) is 38.3 Å². The van der Waals surface area contributed by atoms with Gasteiger partial charge >= 0.3 is 0 Å². The van der Waals surface area contributed by atoms with Gasteiger partial charge in [0.25, 0.3) is 0 Å². The summed E-state index contributed by atoms with van der Waals surface area (Å²) in [5.41, 5.74) is 3.05. The van der Waals surface area contributed by atoms with Crippen LogP contribution in [0.15, 0.2) is 53.5 Å². The number of rotatable bonds is 8. The maximum absolute atomic E-state index is 11.3. The molecular weight excluding hydrogens is 517 g/mol. The third-order valence-electron chi connectivity index (χ3n) is 5.47. The summed E-state index contributed by atoms with van der Waals surface area (Å²) >= 11 is 0. The number of nitrogens with one attached hydrogen (secondary N) is 3. The van der Waals surface area contributed by atoms with E-state index < -0.39 is 0 Å². The van der Waals surface area contributed by atoms with E-state index in [1.807, 2.05) is 36.4 Å². The predicted octanol–water partition coefficient (Wildman–Crippen LogP) is 3.77. The molecule has 1 heterocycles. The first-order chi connectivity index (χ1) is 15.1. The zero-order valence-corrected chi connectivity index (χ0v) is 21.4. The molecule has 1 unspecified atom stereocenters. The van der Waals surface area contributed by atoms with Gasteiger partial charge in [-0.3, -0.25) is 14.7 Å². The lowest BCUT2D eigenvalue weighted by atomic mass is 10.0. The zero-order valence-electron chi connectivity index (χ0n) is 19.1. The Bertz CT molecular complexity index is 899. The number of benzene rings is 2. The normalized spacial score (nSPS) is 14.9. The van der Waals surface area contributed by atoms with E-state index in [2.05, 4.69) is 38.0 Å². The molecule has 3 N–H and O–H groups in total. The number of hydrogen-bond acceptors (Lipinski definition) is 4. The standard InChI is InChI=1S/C24H33N5O2.HI/c1-18(30)28-20-10-8-9-19(15-20)16-26-24(25-2)27-17-22(29-13-6-7-14-29)21-11-4-5-12-23(21)31-3;/h4-5,8-12,15,22H,6-7,13-14,16-17H2,1-3H3,(H,28,30)(H2,25,26,27);1H. The lowest BCUT2D eigenvalue weighted by molar-refractivity contribution is -0.114. The molecule has 3 rings (SSSR count). The fraction of sp³-hybridized carbons (Fsp3) is 0.417. The third kappa shape index (κ3) is 7.37. The van der Waals surface area contributed by atoms with Gasteiger partial charge in [0.1, 0.15) is 5.75 Å². The van der Waals surface area contributed by atoms with Gasteiger partial charge in [0.2, 0.25) is 5.91 Å². The first-order valence-electron chi connectivity index (χ1n) is 10.8. The van der Waals surface area contributed by atoms with Crippen LogP contribution in [0.5, 0.6) is 5.75 Å². The number of hydrogen-bond donors (Lipinski definition) is 3. The number of halogens is 1. The molecule has 174 valence electrons. The predicted molar refractivity (Wildman–Crippen MR) is 141 cm³/mol. The van der Waals surface area contributed by atoms with Crippen LogP contribution >= 0.6 is 24.0 Å². The second kappa shape index (κ2) is 13.3. The van der Waals surface area contributed by atoms with Crippen LogP contribution in [0, 0.1) is 0 Å². The first kappa shape index (κ1) is 25.9. The van der Waals surface area contributed by atoms with Gasteiger partial charge in [-0.2, -0.15) is 0 Å². The van der Waals surface area contributed by atoms with Crippen LogP contribution in [-0.2, 0) is 11.3 Å². The maximum atomic E-state index is 11.3. The summed E-state index contributed by atoms with van der Waals surface area (Å²) in [4.78, 5) is 18.2. The van der Waals surface area contributed by atoms with E-state index in [-0.39, 0.29) is 35.9 Å². The Morgan fingerprint density at radius 2 is 1.88 bits per heavy atom. The molecule has 8 heteroatoms. The highest BCUT2D eigenvalue weighted by atomic mass is 127. The van der Waals surface area contributed by atoms with Gasteiger partial charge in [-0.15, -0.1) is 24.0 Å². The van der Waals surface area contributed by atoms with Gasteiger partial charge in [-0.05, 0) is 49.7 Å². The third-order valence-corrected chi connectivity index (χ3v) is 5.47. The van der Waals surface area contributed by atoms with Crippen molar-refractivity contribution in [2.75, 3.05) is 39.1 Å². The molecule has 1 aliphatic rings. The summed E-state index contributed by atoms with van der Waals surface area (Å²) in [5.74, 6) is 1.58. The summed E-state index contributed by atoms with van der Waals surface area (Å²) < 4.78 is 5.63. The number of nitrogens with zero attached hydrogens (tertiary/aromatic N) is 2. The van der Waals surface area contributed by atoms with Crippen molar-refractivity contribution in [2.45, 2.75) is 32.4 Å². The Morgan fingerprint density at radius 3 is 2.56 bits per heavy atom. The summed E-state index contributed by atoms with van der Waals surface area (Å²) in [6.07, 6.45) is 2.45. The highest BCUT2D eigenvalue weighted by Crippen LogP contribution is 2.31. The smallest absolute Gasteiger partial charge is 0.221 e. The van der Waals surface area contributed by atoms with Crippen molar-refractivity contribution in [2.24, 2.45) is 4.99 Å². The maximum Gasteiger partial charge on any atom is 0.221 e. The molecule has 1 atom stereocenters. The minimum absolute atomic E-state index is 0. The molecular formula is C24H34IN5O2. The van der Waals surface area contributed by atoms with E-state index >= 15 is 0 Å². The molecule has 0 saturated carbocycles. The molecule has 7 nitrogen and oxygen atoms in total. The molecule has 1 aliphatic heterocycles. The van der Waals surface area contributed by atoms with Gasteiger partial charge in [-0.1, -0.05) is 30.3 Å². The number of methoxy groups -OCH3 is 1. The second-order valence-electron chi connectivity index (χ2n) is 7.69. The van der Waals surface area contributed by atoms with Gasteiger partial charge in [0.05, 0.1) is 13.2 Å². The number of guanidine groups is 1. The number of ether oxygens (including phenoxy) is 1. The van der Waals surface area contributed by atoms with Crippen LogP contribution in [-0.4, -0.2) is 50.6 Å². The lowest BCUT2D eigenvalue weighted by Crippen LogP contribution is -2.42. The fourth-order valence-corrected chi connectivity index (χ4v) is 3.99. The van der Waals surface area contributed by atoms with E-state index in [9.17, 15) is 4.79 Å². The highest BCUT2D eigenvalue weighted by Gasteiger charge is 2.26. The second-order valence-corrected chi connectivity index (χ2v) is 7.69. The fourth-order valence-electron chi connectivity index (χ4n) is 3.99. The van der Waals surface area contributed by atoms with Crippen LogP contribution in [0.3, 0.4) is 0 Å². The van der Waals surface area contributed by atoms with Crippen molar-refractivity contribution >= 4 is 41.5 Å². The van der Waals surface area contributed by atoms with Crippen molar-refractivity contribution in [1.29, 1.82) is 0 Å². The monoisotopic (exact) mass is 551 g/mol. The Labute approximate surface area is 208 Å². The van der Waals surface area contributed by atoms with E-state index in [0.717, 1.165) is 42.6 Å². The Kier molecular flexibility index (Phi) is 10.8. The molecule has 0 spiro atoms. The van der Waals surface area contributed by atoms with Crippen molar-refractivity contribution in [1.82, 2.24) is 15.5 Å². The molecule has 1 saturated heterocycles. The molecule has 32 heavy (non-hydrogen) atoms. The number of carbonyl (C=O) groups is 1. The average Bonchev–Trinajstić information content (AvgIpc) is 3.30. The van der Waals surface area contributed by atoms with Crippen molar-refractivity contribution in [3.05, 3.63) is 59.7 Å². The number of amides is 1. The van der Waals surface area contributed by atoms with Crippen molar-refractivity contribution in [3.63, 3.8) is 0 Å². The van der Waals surface area contributed by atoms with E-state index in [0.29, 0.717) is 6.54 Å². The number of aliphatic imine (C=N–C) groups is 1. The molecule has 2 aromatic rings. The largest absolute Gasteiger partial charge is 0.496 e. The van der Waals surface area contributed by atoms with Crippen LogP contribution < -0.4 is 20.7 Å². The Morgan fingerprint density at radius 1 is 1.12 bits per heavy atom. The highest BCUT2D eigenvalue weighted by molar-refractivity contribution is 14.0. The van der Waals surface area contributed by atoms with Crippen molar-refractivity contribution < 1.29 is 9.53 Å². The van der Waals surface area contributed by atoms with Crippen LogP contribution in [0.1, 0.15) is 36.9 Å². The van der Waals surface area contributed by atoms with Crippen LogP contribution in [0.4, 0.5) is 5.69 Å². The van der Waals surface area contributed by atoms with Crippen molar-refractivity contribution in [3.8, 4) is 5.75 Å². The van der Waals surface area contributed by atoms with E-state index in [1.165, 1.54) is 25.3 Å². The Balaban J connectivity index is 0.00000363. The minimum atomic E-state index is -0.0770. The van der Waals surface area contributed by atoms with E-state index in [1.54, 1.807) is 14.2 Å². The summed E-state index contributed by atoms with van der Waals surface area (Å²) in [6, 6.07) is 16.2. The molecule has 1 amide bonds. The average molecular weight is 551 g/mol. The SMILES string of the molecule is CN=C(NCc1cccc(NC(C)=O)c1)NCC(c1ccccc1OC)N1CCCC1.I. The first-order valence-corrected chi connectivity index (χ1v) is 10.8.